The maximum atomic E-state index is 6.74. The fourth-order valence-electron chi connectivity index (χ4n) is 0.989. The van der Waals surface area contributed by atoms with E-state index in [1.807, 2.05) is 12.1 Å². The Hall–Kier alpha value is -1.36. The van der Waals surface area contributed by atoms with E-state index in [9.17, 15) is 0 Å². The van der Waals surface area contributed by atoms with Crippen LogP contribution < -0.4 is 0 Å². The normalized spacial score (nSPS) is 9.33. The van der Waals surface area contributed by atoms with Crippen LogP contribution in [0, 0.1) is 6.57 Å². The Balaban J connectivity index is 2.60. The summed E-state index contributed by atoms with van der Waals surface area (Å²) in [7, 11) is 0. The van der Waals surface area contributed by atoms with Crippen molar-refractivity contribution in [3.05, 3.63) is 35.4 Å². The van der Waals surface area contributed by atoms with Gasteiger partial charge in [-0.2, -0.15) is 0 Å². The highest BCUT2D eigenvalue weighted by molar-refractivity contribution is 5.41. The number of aryl methyl sites for hydroxylation is 1. The second-order valence-electron chi connectivity index (χ2n) is 2.72. The summed E-state index contributed by atoms with van der Waals surface area (Å²) in [6, 6.07) is 3.76. The Labute approximate surface area is 73.1 Å². The molecule has 12 heavy (non-hydrogen) atoms. The summed E-state index contributed by atoms with van der Waals surface area (Å²) in [5.74, 6) is 0. The Morgan fingerprint density at radius 1 is 1.50 bits per heavy atom. The second-order valence-corrected chi connectivity index (χ2v) is 2.72. The minimum atomic E-state index is 0.621. The first-order chi connectivity index (χ1) is 5.86. The van der Waals surface area contributed by atoms with E-state index in [0.29, 0.717) is 5.69 Å². The molecule has 0 atom stereocenters. The van der Waals surface area contributed by atoms with Crippen LogP contribution in [0.25, 0.3) is 4.85 Å². The molecular formula is C10H12N2. The van der Waals surface area contributed by atoms with E-state index in [-0.39, 0.29) is 0 Å². The Morgan fingerprint density at radius 2 is 2.33 bits per heavy atom. The molecule has 0 saturated heterocycles. The molecule has 0 saturated carbocycles. The molecule has 1 rings (SSSR count). The molecule has 1 heterocycles. The minimum absolute atomic E-state index is 0.621. The maximum Gasteiger partial charge on any atom is 0.205 e. The number of nitrogens with zero attached hydrogens (tertiary/aromatic N) is 2. The summed E-state index contributed by atoms with van der Waals surface area (Å²) in [5, 5.41) is 0. The fraction of sp³-hybridized carbons (Fsp3) is 0.400. The van der Waals surface area contributed by atoms with Crippen LogP contribution in [0.1, 0.15) is 25.5 Å². The van der Waals surface area contributed by atoms with Crippen LogP contribution in [0.4, 0.5) is 5.69 Å². The first-order valence-corrected chi connectivity index (χ1v) is 4.19. The van der Waals surface area contributed by atoms with Crippen molar-refractivity contribution in [2.24, 2.45) is 0 Å². The van der Waals surface area contributed by atoms with Crippen molar-refractivity contribution in [1.29, 1.82) is 0 Å². The zero-order valence-corrected chi connectivity index (χ0v) is 7.25. The van der Waals surface area contributed by atoms with E-state index in [2.05, 4.69) is 16.8 Å². The predicted octanol–water partition coefficient (Wildman–Crippen LogP) is 2.97. The average Bonchev–Trinajstić information content (AvgIpc) is 2.15. The van der Waals surface area contributed by atoms with Gasteiger partial charge in [0.2, 0.25) is 5.69 Å². The summed E-state index contributed by atoms with van der Waals surface area (Å²) >= 11 is 0. The van der Waals surface area contributed by atoms with Crippen molar-refractivity contribution >= 4 is 5.69 Å². The van der Waals surface area contributed by atoms with E-state index >= 15 is 0 Å². The monoisotopic (exact) mass is 160 g/mol. The molecule has 2 heteroatoms. The predicted molar refractivity (Wildman–Crippen MR) is 49.1 cm³/mol. The molecule has 0 N–H and O–H groups in total. The van der Waals surface area contributed by atoms with Gasteiger partial charge in [-0.3, -0.25) is 4.98 Å². The molecule has 0 unspecified atom stereocenters. The van der Waals surface area contributed by atoms with Gasteiger partial charge in [0.1, 0.15) is 0 Å². The summed E-state index contributed by atoms with van der Waals surface area (Å²) in [6.45, 7) is 8.90. The molecule has 0 aromatic carbocycles. The first-order valence-electron chi connectivity index (χ1n) is 4.19. The number of rotatable bonds is 3. The quantitative estimate of drug-likeness (QED) is 0.621. The molecule has 0 aliphatic rings. The summed E-state index contributed by atoms with van der Waals surface area (Å²) in [6.07, 6.45) is 5.02. The van der Waals surface area contributed by atoms with Gasteiger partial charge < -0.3 is 0 Å². The number of aromatic nitrogens is 1. The lowest BCUT2D eigenvalue weighted by Gasteiger charge is -1.97. The van der Waals surface area contributed by atoms with Crippen molar-refractivity contribution in [3.63, 3.8) is 0 Å². The molecule has 2 nitrogen and oxygen atoms in total. The molecule has 0 bridgehead atoms. The van der Waals surface area contributed by atoms with E-state index in [4.69, 9.17) is 6.57 Å². The standard InChI is InChI=1S/C10H12N2/c1-3-4-5-9-6-7-10(11-2)8-12-9/h6-8H,3-5H2,1H3. The molecule has 0 aliphatic heterocycles. The summed E-state index contributed by atoms with van der Waals surface area (Å²) in [5.41, 5.74) is 1.71. The number of pyridine rings is 1. The lowest BCUT2D eigenvalue weighted by Crippen LogP contribution is -1.87. The third kappa shape index (κ3) is 2.35. The molecular weight excluding hydrogens is 148 g/mol. The highest BCUT2D eigenvalue weighted by Crippen LogP contribution is 2.10. The third-order valence-electron chi connectivity index (χ3n) is 1.72. The van der Waals surface area contributed by atoms with Crippen molar-refractivity contribution < 1.29 is 0 Å². The minimum Gasteiger partial charge on any atom is -0.273 e. The van der Waals surface area contributed by atoms with Crippen LogP contribution >= 0.6 is 0 Å². The Kier molecular flexibility index (Phi) is 3.28. The van der Waals surface area contributed by atoms with Gasteiger partial charge in [0, 0.05) is 11.9 Å². The van der Waals surface area contributed by atoms with E-state index in [1.54, 1.807) is 6.20 Å². The highest BCUT2D eigenvalue weighted by Gasteiger charge is 1.93. The molecule has 0 spiro atoms. The topological polar surface area (TPSA) is 17.2 Å². The molecule has 1 aromatic rings. The van der Waals surface area contributed by atoms with Crippen molar-refractivity contribution in [2.75, 3.05) is 0 Å². The molecule has 0 fully saturated rings. The molecule has 1 aromatic heterocycles. The van der Waals surface area contributed by atoms with Crippen LogP contribution in [0.3, 0.4) is 0 Å². The van der Waals surface area contributed by atoms with Gasteiger partial charge in [0.15, 0.2) is 0 Å². The van der Waals surface area contributed by atoms with Gasteiger partial charge in [-0.05, 0) is 12.8 Å². The molecule has 0 radical (unpaired) electrons. The number of hydrogen-bond acceptors (Lipinski definition) is 1. The van der Waals surface area contributed by atoms with Crippen molar-refractivity contribution in [1.82, 2.24) is 4.98 Å². The fourth-order valence-corrected chi connectivity index (χ4v) is 0.989. The smallest absolute Gasteiger partial charge is 0.205 e. The SMILES string of the molecule is [C-]#[N+]c1ccc(CCCC)nc1. The van der Waals surface area contributed by atoms with Gasteiger partial charge >= 0.3 is 0 Å². The van der Waals surface area contributed by atoms with E-state index < -0.39 is 0 Å². The van der Waals surface area contributed by atoms with Crippen LogP contribution in [0.5, 0.6) is 0 Å². The van der Waals surface area contributed by atoms with Gasteiger partial charge in [0.05, 0.1) is 6.57 Å². The number of unbranched alkanes of at least 4 members (excludes halogenated alkanes) is 1. The Morgan fingerprint density at radius 3 is 2.83 bits per heavy atom. The maximum absolute atomic E-state index is 6.74. The number of hydrogen-bond donors (Lipinski definition) is 0. The van der Waals surface area contributed by atoms with Crippen molar-refractivity contribution in [2.45, 2.75) is 26.2 Å². The lowest BCUT2D eigenvalue weighted by molar-refractivity contribution is 0.777. The largest absolute Gasteiger partial charge is 0.273 e. The molecule has 62 valence electrons. The zero-order chi connectivity index (χ0) is 8.81. The molecule has 0 aliphatic carbocycles. The first kappa shape index (κ1) is 8.73. The van der Waals surface area contributed by atoms with Gasteiger partial charge in [0.25, 0.3) is 0 Å². The Bertz CT molecular complexity index is 269. The lowest BCUT2D eigenvalue weighted by atomic mass is 10.2. The third-order valence-corrected chi connectivity index (χ3v) is 1.72. The van der Waals surface area contributed by atoms with Crippen LogP contribution in [-0.4, -0.2) is 4.98 Å². The van der Waals surface area contributed by atoms with Crippen LogP contribution in [0.15, 0.2) is 18.3 Å². The molecule has 0 amide bonds. The van der Waals surface area contributed by atoms with E-state index in [1.165, 1.54) is 12.8 Å². The zero-order valence-electron chi connectivity index (χ0n) is 7.25. The second kappa shape index (κ2) is 4.50. The average molecular weight is 160 g/mol. The van der Waals surface area contributed by atoms with Gasteiger partial charge in [-0.15, -0.1) is 0 Å². The van der Waals surface area contributed by atoms with Gasteiger partial charge in [-0.1, -0.05) is 25.5 Å². The summed E-state index contributed by atoms with van der Waals surface area (Å²) in [4.78, 5) is 7.45. The van der Waals surface area contributed by atoms with Crippen LogP contribution in [0.2, 0.25) is 0 Å². The summed E-state index contributed by atoms with van der Waals surface area (Å²) < 4.78 is 0. The van der Waals surface area contributed by atoms with Gasteiger partial charge in [-0.25, -0.2) is 4.85 Å². The van der Waals surface area contributed by atoms with Crippen molar-refractivity contribution in [3.8, 4) is 0 Å². The highest BCUT2D eigenvalue weighted by atomic mass is 14.7. The van der Waals surface area contributed by atoms with E-state index in [0.717, 1.165) is 12.1 Å². The van der Waals surface area contributed by atoms with Crippen LogP contribution in [-0.2, 0) is 6.42 Å².